The first-order valence-electron chi connectivity index (χ1n) is 7.67. The van der Waals surface area contributed by atoms with Crippen molar-refractivity contribution in [2.45, 2.75) is 31.8 Å². The molecule has 2 heterocycles. The Morgan fingerprint density at radius 2 is 2.27 bits per heavy atom. The molecule has 5 nitrogen and oxygen atoms in total. The van der Waals surface area contributed by atoms with Crippen LogP contribution in [0.2, 0.25) is 5.02 Å². The standard InChI is InChI=1S/C16H21ClN4O/c1-18-16(22)14-7-3-4-9-21(14)10-12-15-11(17)6-5-8-13(15)20(2)19-12/h5-6,8,14H,3-4,7,9-10H2,1-2H3,(H,18,22)/t14-/m0/s1. The summed E-state index contributed by atoms with van der Waals surface area (Å²) < 4.78 is 1.86. The third kappa shape index (κ3) is 2.71. The van der Waals surface area contributed by atoms with Crippen LogP contribution < -0.4 is 5.32 Å². The highest BCUT2D eigenvalue weighted by molar-refractivity contribution is 6.35. The number of hydrogen-bond donors (Lipinski definition) is 1. The molecule has 6 heteroatoms. The van der Waals surface area contributed by atoms with Crippen molar-refractivity contribution >= 4 is 28.4 Å². The number of likely N-dealkylation sites (tertiary alicyclic amines) is 1. The maximum absolute atomic E-state index is 12.1. The summed E-state index contributed by atoms with van der Waals surface area (Å²) in [5, 5.41) is 9.11. The fourth-order valence-corrected chi connectivity index (χ4v) is 3.58. The van der Waals surface area contributed by atoms with Gasteiger partial charge in [0.1, 0.15) is 0 Å². The topological polar surface area (TPSA) is 50.2 Å². The Labute approximate surface area is 135 Å². The van der Waals surface area contributed by atoms with Gasteiger partial charge in [-0.25, -0.2) is 0 Å². The predicted octanol–water partition coefficient (Wildman–Crippen LogP) is 2.33. The summed E-state index contributed by atoms with van der Waals surface area (Å²) >= 11 is 6.37. The Morgan fingerprint density at radius 3 is 3.05 bits per heavy atom. The van der Waals surface area contributed by atoms with Gasteiger partial charge in [0.05, 0.1) is 22.3 Å². The van der Waals surface area contributed by atoms with E-state index in [2.05, 4.69) is 15.3 Å². The fourth-order valence-electron chi connectivity index (χ4n) is 3.30. The van der Waals surface area contributed by atoms with Crippen molar-refractivity contribution in [3.63, 3.8) is 0 Å². The normalized spacial score (nSPS) is 19.5. The first-order valence-corrected chi connectivity index (χ1v) is 8.05. The van der Waals surface area contributed by atoms with Crippen LogP contribution in [0.25, 0.3) is 10.9 Å². The van der Waals surface area contributed by atoms with E-state index in [4.69, 9.17) is 11.6 Å². The third-order valence-corrected chi connectivity index (χ3v) is 4.73. The number of amides is 1. The molecule has 118 valence electrons. The summed E-state index contributed by atoms with van der Waals surface area (Å²) in [4.78, 5) is 14.3. The quantitative estimate of drug-likeness (QED) is 0.944. The lowest BCUT2D eigenvalue weighted by Gasteiger charge is -2.33. The number of carbonyl (C=O) groups excluding carboxylic acids is 1. The Bertz CT molecular complexity index is 697. The minimum Gasteiger partial charge on any atom is -0.358 e. The van der Waals surface area contributed by atoms with E-state index in [1.165, 1.54) is 0 Å². The molecule has 1 fully saturated rings. The average Bonchev–Trinajstić information content (AvgIpc) is 2.85. The first-order chi connectivity index (χ1) is 10.6. The maximum Gasteiger partial charge on any atom is 0.237 e. The van der Waals surface area contributed by atoms with Crippen LogP contribution in [0.4, 0.5) is 0 Å². The molecule has 0 saturated carbocycles. The largest absolute Gasteiger partial charge is 0.358 e. The predicted molar refractivity (Wildman–Crippen MR) is 87.8 cm³/mol. The number of nitrogens with zero attached hydrogens (tertiary/aromatic N) is 3. The molecule has 22 heavy (non-hydrogen) atoms. The Morgan fingerprint density at radius 1 is 1.45 bits per heavy atom. The monoisotopic (exact) mass is 320 g/mol. The van der Waals surface area contributed by atoms with E-state index in [0.717, 1.165) is 42.4 Å². The number of likely N-dealkylation sites (N-methyl/N-ethyl adjacent to an activating group) is 1. The summed E-state index contributed by atoms with van der Waals surface area (Å²) in [5.41, 5.74) is 1.97. The number of carbonyl (C=O) groups is 1. The number of aryl methyl sites for hydroxylation is 1. The number of hydrogen-bond acceptors (Lipinski definition) is 3. The van der Waals surface area contributed by atoms with Crippen molar-refractivity contribution in [3.05, 3.63) is 28.9 Å². The minimum absolute atomic E-state index is 0.0710. The zero-order chi connectivity index (χ0) is 15.7. The van der Waals surface area contributed by atoms with Crippen LogP contribution in [-0.4, -0.2) is 40.2 Å². The summed E-state index contributed by atoms with van der Waals surface area (Å²) in [5.74, 6) is 0.0889. The lowest BCUT2D eigenvalue weighted by atomic mass is 10.0. The van der Waals surface area contributed by atoms with Crippen molar-refractivity contribution in [1.82, 2.24) is 20.0 Å². The second-order valence-corrected chi connectivity index (χ2v) is 6.21. The van der Waals surface area contributed by atoms with Gasteiger partial charge in [0.25, 0.3) is 0 Å². The van der Waals surface area contributed by atoms with Crippen LogP contribution in [0.1, 0.15) is 25.0 Å². The van der Waals surface area contributed by atoms with Gasteiger partial charge in [-0.15, -0.1) is 0 Å². The summed E-state index contributed by atoms with van der Waals surface area (Å²) in [6, 6.07) is 5.77. The lowest BCUT2D eigenvalue weighted by Crippen LogP contribution is -2.48. The molecule has 1 aromatic carbocycles. The van der Waals surface area contributed by atoms with Crippen molar-refractivity contribution < 1.29 is 4.79 Å². The Kier molecular flexibility index (Phi) is 4.36. The lowest BCUT2D eigenvalue weighted by molar-refractivity contribution is -0.127. The summed E-state index contributed by atoms with van der Waals surface area (Å²) in [6.07, 6.45) is 3.11. The maximum atomic E-state index is 12.1. The number of halogens is 1. The molecule has 1 aliphatic heterocycles. The van der Waals surface area contributed by atoms with Gasteiger partial charge in [0, 0.05) is 26.0 Å². The molecule has 0 aliphatic carbocycles. The molecule has 2 aromatic rings. The van der Waals surface area contributed by atoms with Crippen molar-refractivity contribution in [1.29, 1.82) is 0 Å². The van der Waals surface area contributed by atoms with Crippen LogP contribution in [0.3, 0.4) is 0 Å². The highest BCUT2D eigenvalue weighted by Gasteiger charge is 2.29. The number of benzene rings is 1. The summed E-state index contributed by atoms with van der Waals surface area (Å²) in [6.45, 7) is 1.57. The molecule has 1 saturated heterocycles. The SMILES string of the molecule is CNC(=O)[C@@H]1CCCCN1Cc1nn(C)c2cccc(Cl)c12. The minimum atomic E-state index is -0.0710. The Hall–Kier alpha value is -1.59. The average molecular weight is 321 g/mol. The van der Waals surface area contributed by atoms with Crippen molar-refractivity contribution in [2.75, 3.05) is 13.6 Å². The van der Waals surface area contributed by atoms with Gasteiger partial charge < -0.3 is 5.32 Å². The van der Waals surface area contributed by atoms with E-state index >= 15 is 0 Å². The van der Waals surface area contributed by atoms with Gasteiger partial charge >= 0.3 is 0 Å². The molecule has 1 N–H and O–H groups in total. The molecule has 1 atom stereocenters. The number of nitrogens with one attached hydrogen (secondary N) is 1. The molecular formula is C16H21ClN4O. The van der Waals surface area contributed by atoms with Crippen LogP contribution in [0.15, 0.2) is 18.2 Å². The second kappa shape index (κ2) is 6.26. The number of piperidine rings is 1. The number of aromatic nitrogens is 2. The highest BCUT2D eigenvalue weighted by Crippen LogP contribution is 2.28. The number of fused-ring (bicyclic) bond motifs is 1. The molecule has 1 aliphatic rings. The molecular weight excluding hydrogens is 300 g/mol. The molecule has 0 spiro atoms. The molecule has 1 amide bonds. The molecule has 3 rings (SSSR count). The molecule has 1 aromatic heterocycles. The van der Waals surface area contributed by atoms with Gasteiger partial charge in [-0.3, -0.25) is 14.4 Å². The highest BCUT2D eigenvalue weighted by atomic mass is 35.5. The molecule has 0 unspecified atom stereocenters. The van der Waals surface area contributed by atoms with E-state index < -0.39 is 0 Å². The molecule has 0 radical (unpaired) electrons. The van der Waals surface area contributed by atoms with Gasteiger partial charge in [-0.05, 0) is 31.5 Å². The smallest absolute Gasteiger partial charge is 0.237 e. The Balaban J connectivity index is 1.93. The second-order valence-electron chi connectivity index (χ2n) is 5.80. The van der Waals surface area contributed by atoms with Gasteiger partial charge in [-0.1, -0.05) is 24.1 Å². The zero-order valence-corrected chi connectivity index (χ0v) is 13.7. The van der Waals surface area contributed by atoms with E-state index in [0.29, 0.717) is 11.6 Å². The van der Waals surface area contributed by atoms with E-state index in [-0.39, 0.29) is 11.9 Å². The van der Waals surface area contributed by atoms with Crippen LogP contribution in [-0.2, 0) is 18.4 Å². The van der Waals surface area contributed by atoms with Gasteiger partial charge in [0.2, 0.25) is 5.91 Å². The van der Waals surface area contributed by atoms with Crippen LogP contribution in [0.5, 0.6) is 0 Å². The van der Waals surface area contributed by atoms with Crippen molar-refractivity contribution in [2.24, 2.45) is 7.05 Å². The fraction of sp³-hybridized carbons (Fsp3) is 0.500. The van der Waals surface area contributed by atoms with Crippen LogP contribution >= 0.6 is 11.6 Å². The van der Waals surface area contributed by atoms with Gasteiger partial charge in [-0.2, -0.15) is 5.10 Å². The van der Waals surface area contributed by atoms with Crippen molar-refractivity contribution in [3.8, 4) is 0 Å². The number of rotatable bonds is 3. The van der Waals surface area contributed by atoms with E-state index in [1.54, 1.807) is 7.05 Å². The molecule has 0 bridgehead atoms. The first kappa shape index (κ1) is 15.3. The summed E-state index contributed by atoms with van der Waals surface area (Å²) in [7, 11) is 3.62. The van der Waals surface area contributed by atoms with E-state index in [1.807, 2.05) is 29.9 Å². The third-order valence-electron chi connectivity index (χ3n) is 4.42. The van der Waals surface area contributed by atoms with Gasteiger partial charge in [0.15, 0.2) is 0 Å². The van der Waals surface area contributed by atoms with E-state index in [9.17, 15) is 4.79 Å². The van der Waals surface area contributed by atoms with Crippen LogP contribution in [0, 0.1) is 0 Å². The zero-order valence-electron chi connectivity index (χ0n) is 13.0.